The van der Waals surface area contributed by atoms with Crippen LogP contribution in [0.1, 0.15) is 15.9 Å². The van der Waals surface area contributed by atoms with Gasteiger partial charge in [0.2, 0.25) is 0 Å². The summed E-state index contributed by atoms with van der Waals surface area (Å²) in [6, 6.07) is 26.3. The van der Waals surface area contributed by atoms with Crippen LogP contribution < -0.4 is 15.5 Å². The van der Waals surface area contributed by atoms with Crippen molar-refractivity contribution in [2.75, 3.05) is 5.32 Å². The summed E-state index contributed by atoms with van der Waals surface area (Å²) in [7, 11) is 0. The molecule has 2 amide bonds. The maximum atomic E-state index is 12.2. The summed E-state index contributed by atoms with van der Waals surface area (Å²) in [6.45, 7) is 0. The molecule has 4 aromatic carbocycles. The molecule has 0 saturated carbocycles. The zero-order valence-corrected chi connectivity index (χ0v) is 19.3. The van der Waals surface area contributed by atoms with Gasteiger partial charge in [0.25, 0.3) is 0 Å². The molecule has 0 bridgehead atoms. The molecule has 168 valence electrons. The molecule has 0 aliphatic rings. The number of carbonyl (C=O) groups is 3. The minimum absolute atomic E-state index is 0.364. The van der Waals surface area contributed by atoms with Crippen LogP contribution in [0.25, 0.3) is 10.8 Å². The van der Waals surface area contributed by atoms with E-state index < -0.39 is 17.8 Å². The summed E-state index contributed by atoms with van der Waals surface area (Å²) in [4.78, 5) is 36.5. The lowest BCUT2D eigenvalue weighted by Gasteiger charge is -2.07. The number of amides is 2. The average molecular weight is 516 g/mol. The zero-order valence-electron chi connectivity index (χ0n) is 17.7. The fourth-order valence-electron chi connectivity index (χ4n) is 3.10. The number of hydrogen-bond donors (Lipinski definition) is 2. The standard InChI is InChI=1S/C26H18BrN3O4/c27-20-12-10-19(11-13-20)26(33)34-21-14-8-17(9-15-21)16-28-30-25(32)24(31)29-23-7-3-5-18-4-1-2-6-22(18)23/h1-16H,(H,29,31)(H,30,32)/b28-16+. The third kappa shape index (κ3) is 5.73. The van der Waals surface area contributed by atoms with Gasteiger partial charge in [-0.1, -0.05) is 52.3 Å². The van der Waals surface area contributed by atoms with E-state index in [9.17, 15) is 14.4 Å². The number of hydrazone groups is 1. The van der Waals surface area contributed by atoms with Crippen molar-refractivity contribution in [3.05, 3.63) is 107 Å². The molecule has 0 radical (unpaired) electrons. The molecule has 0 aromatic heterocycles. The zero-order chi connectivity index (χ0) is 23.9. The Balaban J connectivity index is 1.31. The van der Waals surface area contributed by atoms with Gasteiger partial charge in [-0.05, 0) is 65.5 Å². The number of hydrogen-bond acceptors (Lipinski definition) is 5. The number of anilines is 1. The molecular weight excluding hydrogens is 498 g/mol. The Morgan fingerprint density at radius 2 is 1.50 bits per heavy atom. The molecule has 4 rings (SSSR count). The summed E-state index contributed by atoms with van der Waals surface area (Å²) in [5.41, 5.74) is 3.81. The number of nitrogens with zero attached hydrogens (tertiary/aromatic N) is 1. The molecule has 0 spiro atoms. The van der Waals surface area contributed by atoms with E-state index in [4.69, 9.17) is 4.74 Å². The summed E-state index contributed by atoms with van der Waals surface area (Å²) in [6.07, 6.45) is 1.38. The van der Waals surface area contributed by atoms with Crippen molar-refractivity contribution in [3.8, 4) is 5.75 Å². The fourth-order valence-corrected chi connectivity index (χ4v) is 3.37. The number of halogens is 1. The molecule has 0 saturated heterocycles. The first-order valence-corrected chi connectivity index (χ1v) is 11.0. The lowest BCUT2D eigenvalue weighted by atomic mass is 10.1. The molecule has 0 aliphatic carbocycles. The second kappa shape index (κ2) is 10.5. The maximum Gasteiger partial charge on any atom is 0.343 e. The van der Waals surface area contributed by atoms with Gasteiger partial charge in [0.1, 0.15) is 5.75 Å². The van der Waals surface area contributed by atoms with E-state index in [1.807, 2.05) is 30.3 Å². The predicted molar refractivity (Wildman–Crippen MR) is 134 cm³/mol. The lowest BCUT2D eigenvalue weighted by molar-refractivity contribution is -0.136. The lowest BCUT2D eigenvalue weighted by Crippen LogP contribution is -2.32. The highest BCUT2D eigenvalue weighted by Gasteiger charge is 2.14. The van der Waals surface area contributed by atoms with Gasteiger partial charge >= 0.3 is 17.8 Å². The summed E-state index contributed by atoms with van der Waals surface area (Å²) >= 11 is 3.32. The Kier molecular flexibility index (Phi) is 7.10. The second-order valence-electron chi connectivity index (χ2n) is 7.15. The topological polar surface area (TPSA) is 96.9 Å². The van der Waals surface area contributed by atoms with Crippen LogP contribution in [0.15, 0.2) is 101 Å². The van der Waals surface area contributed by atoms with Crippen molar-refractivity contribution in [2.24, 2.45) is 5.10 Å². The van der Waals surface area contributed by atoms with Crippen LogP contribution in [0.5, 0.6) is 5.75 Å². The first kappa shape index (κ1) is 22.9. The van der Waals surface area contributed by atoms with E-state index in [0.717, 1.165) is 15.2 Å². The van der Waals surface area contributed by atoms with Crippen LogP contribution in [0, 0.1) is 0 Å². The Hall–Kier alpha value is -4.30. The van der Waals surface area contributed by atoms with Crippen molar-refractivity contribution in [2.45, 2.75) is 0 Å². The smallest absolute Gasteiger partial charge is 0.343 e. The van der Waals surface area contributed by atoms with Crippen molar-refractivity contribution in [1.29, 1.82) is 0 Å². The van der Waals surface area contributed by atoms with Crippen LogP contribution in [-0.2, 0) is 9.59 Å². The highest BCUT2D eigenvalue weighted by molar-refractivity contribution is 9.10. The summed E-state index contributed by atoms with van der Waals surface area (Å²) in [5, 5.41) is 8.19. The monoisotopic (exact) mass is 515 g/mol. The van der Waals surface area contributed by atoms with Crippen molar-refractivity contribution >= 4 is 56.4 Å². The Morgan fingerprint density at radius 3 is 2.26 bits per heavy atom. The molecule has 0 atom stereocenters. The van der Waals surface area contributed by atoms with Gasteiger partial charge in [0.15, 0.2) is 0 Å². The molecule has 7 nitrogen and oxygen atoms in total. The highest BCUT2D eigenvalue weighted by atomic mass is 79.9. The number of ether oxygens (including phenoxy) is 1. The Morgan fingerprint density at radius 1 is 0.794 bits per heavy atom. The van der Waals surface area contributed by atoms with Gasteiger partial charge in [0, 0.05) is 15.5 Å². The molecule has 0 heterocycles. The minimum Gasteiger partial charge on any atom is -0.423 e. The molecule has 0 aliphatic heterocycles. The number of esters is 1. The van der Waals surface area contributed by atoms with E-state index in [0.29, 0.717) is 22.6 Å². The molecular formula is C26H18BrN3O4. The molecule has 0 fully saturated rings. The molecule has 4 aromatic rings. The van der Waals surface area contributed by atoms with Gasteiger partial charge < -0.3 is 10.1 Å². The minimum atomic E-state index is -0.899. The molecule has 2 N–H and O–H groups in total. The summed E-state index contributed by atoms with van der Waals surface area (Å²) < 4.78 is 6.20. The van der Waals surface area contributed by atoms with E-state index in [1.165, 1.54) is 6.21 Å². The van der Waals surface area contributed by atoms with Crippen molar-refractivity contribution in [3.63, 3.8) is 0 Å². The highest BCUT2D eigenvalue weighted by Crippen LogP contribution is 2.22. The summed E-state index contributed by atoms with van der Waals surface area (Å²) in [5.74, 6) is -1.84. The first-order valence-electron chi connectivity index (χ1n) is 10.2. The maximum absolute atomic E-state index is 12.2. The van der Waals surface area contributed by atoms with Gasteiger partial charge in [-0.2, -0.15) is 5.10 Å². The van der Waals surface area contributed by atoms with E-state index in [2.05, 4.69) is 31.8 Å². The predicted octanol–water partition coefficient (Wildman–Crippen LogP) is 4.91. The quantitative estimate of drug-likeness (QED) is 0.130. The van der Waals surface area contributed by atoms with Gasteiger partial charge in [-0.3, -0.25) is 9.59 Å². The number of rotatable bonds is 5. The Labute approximate surface area is 203 Å². The number of fused-ring (bicyclic) bond motifs is 1. The number of nitrogens with one attached hydrogen (secondary N) is 2. The Bertz CT molecular complexity index is 1380. The second-order valence-corrected chi connectivity index (χ2v) is 8.06. The van der Waals surface area contributed by atoms with Crippen molar-refractivity contribution in [1.82, 2.24) is 5.43 Å². The number of carbonyl (C=O) groups excluding carboxylic acids is 3. The van der Waals surface area contributed by atoms with Crippen molar-refractivity contribution < 1.29 is 19.1 Å². The number of benzene rings is 4. The van der Waals surface area contributed by atoms with Gasteiger partial charge in [-0.25, -0.2) is 10.2 Å². The van der Waals surface area contributed by atoms with Crippen LogP contribution in [-0.4, -0.2) is 24.0 Å². The third-order valence-electron chi connectivity index (χ3n) is 4.79. The first-order chi connectivity index (χ1) is 16.5. The van der Waals surface area contributed by atoms with E-state index >= 15 is 0 Å². The van der Waals surface area contributed by atoms with Gasteiger partial charge in [-0.15, -0.1) is 0 Å². The fraction of sp³-hybridized carbons (Fsp3) is 0. The van der Waals surface area contributed by atoms with Crippen LogP contribution in [0.3, 0.4) is 0 Å². The molecule has 0 unspecified atom stereocenters. The van der Waals surface area contributed by atoms with Crippen LogP contribution in [0.4, 0.5) is 5.69 Å². The van der Waals surface area contributed by atoms with Gasteiger partial charge in [0.05, 0.1) is 11.8 Å². The van der Waals surface area contributed by atoms with E-state index in [-0.39, 0.29) is 0 Å². The van der Waals surface area contributed by atoms with E-state index in [1.54, 1.807) is 60.7 Å². The SMILES string of the molecule is O=C(N/N=C/c1ccc(OC(=O)c2ccc(Br)cc2)cc1)C(=O)Nc1cccc2ccccc12. The molecule has 8 heteroatoms. The average Bonchev–Trinajstić information content (AvgIpc) is 2.85. The third-order valence-corrected chi connectivity index (χ3v) is 5.32. The normalized spacial score (nSPS) is 10.7. The molecule has 34 heavy (non-hydrogen) atoms. The van der Waals surface area contributed by atoms with Crippen LogP contribution in [0.2, 0.25) is 0 Å². The van der Waals surface area contributed by atoms with Crippen LogP contribution >= 0.6 is 15.9 Å². The largest absolute Gasteiger partial charge is 0.423 e.